The standard InChI is InChI=1S/C15H16N4O/c1-3-12-9-14(19(4-2)18-12)15(20)17-13-7-5-6-11(8-13)10-16/h5-9H,3-4H2,1-2H3,(H,17,20). The van der Waals surface area contributed by atoms with Crippen molar-refractivity contribution in [2.24, 2.45) is 0 Å². The molecule has 1 heterocycles. The minimum absolute atomic E-state index is 0.214. The molecule has 0 fully saturated rings. The third kappa shape index (κ3) is 2.86. The summed E-state index contributed by atoms with van der Waals surface area (Å²) in [5.74, 6) is -0.214. The summed E-state index contributed by atoms with van der Waals surface area (Å²) < 4.78 is 1.68. The fourth-order valence-corrected chi connectivity index (χ4v) is 1.93. The molecule has 102 valence electrons. The molecule has 0 spiro atoms. The third-order valence-electron chi connectivity index (χ3n) is 2.97. The first-order valence-electron chi connectivity index (χ1n) is 6.56. The molecule has 5 heteroatoms. The van der Waals surface area contributed by atoms with E-state index in [4.69, 9.17) is 5.26 Å². The van der Waals surface area contributed by atoms with E-state index in [9.17, 15) is 4.79 Å². The van der Waals surface area contributed by atoms with Crippen LogP contribution in [0.3, 0.4) is 0 Å². The summed E-state index contributed by atoms with van der Waals surface area (Å²) in [5, 5.41) is 16.0. The molecule has 20 heavy (non-hydrogen) atoms. The van der Waals surface area contributed by atoms with Crippen LogP contribution in [0.5, 0.6) is 0 Å². The smallest absolute Gasteiger partial charge is 0.273 e. The van der Waals surface area contributed by atoms with Gasteiger partial charge in [0.15, 0.2) is 0 Å². The average molecular weight is 268 g/mol. The zero-order valence-corrected chi connectivity index (χ0v) is 11.6. The van der Waals surface area contributed by atoms with E-state index in [1.54, 1.807) is 35.0 Å². The average Bonchev–Trinajstić information content (AvgIpc) is 2.91. The van der Waals surface area contributed by atoms with Crippen LogP contribution in [0.2, 0.25) is 0 Å². The Morgan fingerprint density at radius 1 is 1.40 bits per heavy atom. The van der Waals surface area contributed by atoms with E-state index in [1.165, 1.54) is 0 Å². The normalized spacial score (nSPS) is 10.1. The Balaban J connectivity index is 2.23. The van der Waals surface area contributed by atoms with Gasteiger partial charge in [0.05, 0.1) is 17.3 Å². The van der Waals surface area contributed by atoms with Crippen molar-refractivity contribution in [3.8, 4) is 6.07 Å². The van der Waals surface area contributed by atoms with Crippen LogP contribution in [0.1, 0.15) is 35.6 Å². The van der Waals surface area contributed by atoms with Crippen LogP contribution in [-0.2, 0) is 13.0 Å². The highest BCUT2D eigenvalue weighted by Crippen LogP contribution is 2.13. The van der Waals surface area contributed by atoms with Crippen molar-refractivity contribution in [2.45, 2.75) is 26.8 Å². The van der Waals surface area contributed by atoms with Gasteiger partial charge in [-0.1, -0.05) is 13.0 Å². The maximum atomic E-state index is 12.3. The molecule has 0 aliphatic heterocycles. The molecule has 1 aromatic carbocycles. The predicted molar refractivity (Wildman–Crippen MR) is 76.4 cm³/mol. The summed E-state index contributed by atoms with van der Waals surface area (Å²) in [7, 11) is 0. The summed E-state index contributed by atoms with van der Waals surface area (Å²) in [6.07, 6.45) is 0.789. The number of nitrogens with zero attached hydrogens (tertiary/aromatic N) is 3. The van der Waals surface area contributed by atoms with Gasteiger partial charge in [-0.25, -0.2) is 0 Å². The number of carbonyl (C=O) groups excluding carboxylic acids is 1. The predicted octanol–water partition coefficient (Wildman–Crippen LogP) is 2.59. The van der Waals surface area contributed by atoms with Gasteiger partial charge in [-0.15, -0.1) is 0 Å². The number of nitriles is 1. The van der Waals surface area contributed by atoms with Crippen LogP contribution in [0.15, 0.2) is 30.3 Å². The number of aromatic nitrogens is 2. The second-order valence-corrected chi connectivity index (χ2v) is 4.34. The van der Waals surface area contributed by atoms with Gasteiger partial charge < -0.3 is 5.32 Å². The largest absolute Gasteiger partial charge is 0.321 e. The van der Waals surface area contributed by atoms with Gasteiger partial charge in [-0.2, -0.15) is 10.4 Å². The van der Waals surface area contributed by atoms with Gasteiger partial charge in [0, 0.05) is 12.2 Å². The van der Waals surface area contributed by atoms with Gasteiger partial charge in [-0.05, 0) is 37.6 Å². The van der Waals surface area contributed by atoms with Crippen molar-refractivity contribution in [1.29, 1.82) is 5.26 Å². The molecule has 1 N–H and O–H groups in total. The van der Waals surface area contributed by atoms with Gasteiger partial charge in [-0.3, -0.25) is 9.48 Å². The van der Waals surface area contributed by atoms with Crippen LogP contribution >= 0.6 is 0 Å². The zero-order chi connectivity index (χ0) is 14.5. The van der Waals surface area contributed by atoms with Crippen LogP contribution in [-0.4, -0.2) is 15.7 Å². The van der Waals surface area contributed by atoms with Gasteiger partial charge >= 0.3 is 0 Å². The van der Waals surface area contributed by atoms with Gasteiger partial charge in [0.25, 0.3) is 5.91 Å². The lowest BCUT2D eigenvalue weighted by atomic mass is 10.2. The molecule has 0 unspecified atom stereocenters. The fraction of sp³-hybridized carbons (Fsp3) is 0.267. The Morgan fingerprint density at radius 2 is 2.20 bits per heavy atom. The Kier molecular flexibility index (Phi) is 4.16. The first-order chi connectivity index (χ1) is 9.67. The van der Waals surface area contributed by atoms with Gasteiger partial charge in [0.1, 0.15) is 5.69 Å². The number of nitrogens with one attached hydrogen (secondary N) is 1. The van der Waals surface area contributed by atoms with Crippen molar-refractivity contribution < 1.29 is 4.79 Å². The number of amides is 1. The number of benzene rings is 1. The maximum Gasteiger partial charge on any atom is 0.273 e. The molecule has 1 aromatic heterocycles. The molecule has 2 rings (SSSR count). The number of hydrogen-bond donors (Lipinski definition) is 1. The highest BCUT2D eigenvalue weighted by molar-refractivity contribution is 6.03. The molecule has 1 amide bonds. The number of aryl methyl sites for hydroxylation is 2. The summed E-state index contributed by atoms with van der Waals surface area (Å²) >= 11 is 0. The lowest BCUT2D eigenvalue weighted by Crippen LogP contribution is -2.17. The minimum atomic E-state index is -0.214. The van der Waals surface area contributed by atoms with Gasteiger partial charge in [0.2, 0.25) is 0 Å². The summed E-state index contributed by atoms with van der Waals surface area (Å²) in [5.41, 5.74) is 2.55. The first-order valence-corrected chi connectivity index (χ1v) is 6.56. The first kappa shape index (κ1) is 13.8. The Labute approximate surface area is 117 Å². The van der Waals surface area contributed by atoms with E-state index < -0.39 is 0 Å². The van der Waals surface area contributed by atoms with Crippen LogP contribution in [0.4, 0.5) is 5.69 Å². The van der Waals surface area contributed by atoms with Crippen molar-refractivity contribution in [3.05, 3.63) is 47.3 Å². The number of rotatable bonds is 4. The third-order valence-corrected chi connectivity index (χ3v) is 2.97. The van der Waals surface area contributed by atoms with E-state index in [-0.39, 0.29) is 5.91 Å². The lowest BCUT2D eigenvalue weighted by molar-refractivity contribution is 0.101. The molecular weight excluding hydrogens is 252 g/mol. The minimum Gasteiger partial charge on any atom is -0.321 e. The lowest BCUT2D eigenvalue weighted by Gasteiger charge is -2.06. The Morgan fingerprint density at radius 3 is 2.85 bits per heavy atom. The number of carbonyl (C=O) groups is 1. The highest BCUT2D eigenvalue weighted by Gasteiger charge is 2.14. The molecule has 0 aliphatic carbocycles. The van der Waals surface area contributed by atoms with E-state index >= 15 is 0 Å². The quantitative estimate of drug-likeness (QED) is 0.926. The topological polar surface area (TPSA) is 70.7 Å². The van der Waals surface area contributed by atoms with E-state index in [1.807, 2.05) is 19.9 Å². The molecule has 2 aromatic rings. The number of anilines is 1. The zero-order valence-electron chi connectivity index (χ0n) is 11.6. The molecule has 0 aliphatic rings. The highest BCUT2D eigenvalue weighted by atomic mass is 16.2. The Hall–Kier alpha value is -2.61. The molecule has 5 nitrogen and oxygen atoms in total. The summed E-state index contributed by atoms with van der Waals surface area (Å²) in [6, 6.07) is 10.7. The maximum absolute atomic E-state index is 12.3. The van der Waals surface area contributed by atoms with E-state index in [0.717, 1.165) is 12.1 Å². The van der Waals surface area contributed by atoms with Crippen molar-refractivity contribution in [1.82, 2.24) is 9.78 Å². The van der Waals surface area contributed by atoms with Crippen molar-refractivity contribution >= 4 is 11.6 Å². The SMILES string of the molecule is CCc1cc(C(=O)Nc2cccc(C#N)c2)n(CC)n1. The van der Waals surface area contributed by atoms with Crippen LogP contribution in [0.25, 0.3) is 0 Å². The molecule has 0 radical (unpaired) electrons. The second-order valence-electron chi connectivity index (χ2n) is 4.34. The van der Waals surface area contributed by atoms with Crippen LogP contribution in [0, 0.1) is 11.3 Å². The monoisotopic (exact) mass is 268 g/mol. The Bertz CT molecular complexity index is 667. The molecule has 0 bridgehead atoms. The van der Waals surface area contributed by atoms with E-state index in [0.29, 0.717) is 23.5 Å². The summed E-state index contributed by atoms with van der Waals surface area (Å²) in [6.45, 7) is 4.58. The molecular formula is C15H16N4O. The molecule has 0 saturated carbocycles. The van der Waals surface area contributed by atoms with E-state index in [2.05, 4.69) is 10.4 Å². The fourth-order valence-electron chi connectivity index (χ4n) is 1.93. The molecule has 0 saturated heterocycles. The van der Waals surface area contributed by atoms with Crippen molar-refractivity contribution in [2.75, 3.05) is 5.32 Å². The number of hydrogen-bond acceptors (Lipinski definition) is 3. The van der Waals surface area contributed by atoms with Crippen molar-refractivity contribution in [3.63, 3.8) is 0 Å². The second kappa shape index (κ2) is 6.02. The molecule has 0 atom stereocenters. The summed E-state index contributed by atoms with van der Waals surface area (Å²) in [4.78, 5) is 12.3. The van der Waals surface area contributed by atoms with Crippen LogP contribution < -0.4 is 5.32 Å².